The quantitative estimate of drug-likeness (QED) is 0.847. The molecule has 0 saturated carbocycles. The molecule has 150 valence electrons. The lowest BCUT2D eigenvalue weighted by Gasteiger charge is -2.21. The van der Waals surface area contributed by atoms with Gasteiger partial charge in [0.2, 0.25) is 10.0 Å². The number of hydrogen-bond acceptors (Lipinski definition) is 5. The highest BCUT2D eigenvalue weighted by Crippen LogP contribution is 2.35. The first-order valence-corrected chi connectivity index (χ1v) is 10.7. The fourth-order valence-corrected chi connectivity index (χ4v) is 4.09. The van der Waals surface area contributed by atoms with E-state index in [-0.39, 0.29) is 18.9 Å². The van der Waals surface area contributed by atoms with Crippen molar-refractivity contribution in [2.45, 2.75) is 26.4 Å². The van der Waals surface area contributed by atoms with E-state index in [1.54, 1.807) is 18.2 Å². The van der Waals surface area contributed by atoms with E-state index in [2.05, 4.69) is 5.32 Å². The van der Waals surface area contributed by atoms with E-state index >= 15 is 0 Å². The minimum atomic E-state index is -3.50. The molecule has 3 rings (SSSR count). The van der Waals surface area contributed by atoms with Crippen LogP contribution < -0.4 is 19.1 Å². The summed E-state index contributed by atoms with van der Waals surface area (Å²) < 4.78 is 37.0. The Kier molecular flexibility index (Phi) is 5.51. The third-order valence-corrected chi connectivity index (χ3v) is 5.73. The van der Waals surface area contributed by atoms with Gasteiger partial charge in [-0.3, -0.25) is 9.10 Å². The Morgan fingerprint density at radius 1 is 1.18 bits per heavy atom. The van der Waals surface area contributed by atoms with Crippen molar-refractivity contribution in [2.24, 2.45) is 0 Å². The SMILES string of the molecule is COc1ccc(C)cc1NC(=O)C1CCN(S(C)(=O)=O)c2cc(C)ccc2O1. The molecule has 1 N–H and O–H groups in total. The lowest BCUT2D eigenvalue weighted by atomic mass is 10.2. The lowest BCUT2D eigenvalue weighted by molar-refractivity contribution is -0.122. The number of nitrogens with one attached hydrogen (secondary N) is 1. The molecule has 7 nitrogen and oxygen atoms in total. The lowest BCUT2D eigenvalue weighted by Crippen LogP contribution is -2.36. The molecule has 0 saturated heterocycles. The zero-order valence-electron chi connectivity index (χ0n) is 16.4. The van der Waals surface area contributed by atoms with Crippen molar-refractivity contribution >= 4 is 27.3 Å². The first-order chi connectivity index (χ1) is 13.2. The standard InChI is InChI=1S/C20H24N2O5S/c1-13-5-7-17(26-3)15(11-13)21-20(23)19-9-10-22(28(4,24)25)16-12-14(2)6-8-18(16)27-19/h5-8,11-12,19H,9-10H2,1-4H3,(H,21,23). The Hall–Kier alpha value is -2.74. The van der Waals surface area contributed by atoms with Crippen LogP contribution in [0.3, 0.4) is 0 Å². The highest BCUT2D eigenvalue weighted by atomic mass is 32.2. The van der Waals surface area contributed by atoms with Gasteiger partial charge in [-0.25, -0.2) is 8.42 Å². The number of methoxy groups -OCH3 is 1. The Morgan fingerprint density at radius 3 is 2.54 bits per heavy atom. The number of nitrogens with zero attached hydrogens (tertiary/aromatic N) is 1. The molecule has 0 radical (unpaired) electrons. The van der Waals surface area contributed by atoms with Gasteiger partial charge in [0.1, 0.15) is 11.5 Å². The van der Waals surface area contributed by atoms with Crippen LogP contribution in [-0.2, 0) is 14.8 Å². The second-order valence-electron chi connectivity index (χ2n) is 6.89. The summed E-state index contributed by atoms with van der Waals surface area (Å²) in [6.07, 6.45) is 0.538. The minimum Gasteiger partial charge on any atom is -0.495 e. The number of sulfonamides is 1. The third-order valence-electron chi connectivity index (χ3n) is 4.55. The van der Waals surface area contributed by atoms with Crippen LogP contribution in [0.15, 0.2) is 36.4 Å². The summed E-state index contributed by atoms with van der Waals surface area (Å²) in [7, 11) is -1.97. The second-order valence-corrected chi connectivity index (χ2v) is 8.80. The highest BCUT2D eigenvalue weighted by Gasteiger charge is 2.31. The molecule has 1 atom stereocenters. The van der Waals surface area contributed by atoms with Gasteiger partial charge in [-0.2, -0.15) is 0 Å². The summed E-state index contributed by atoms with van der Waals surface area (Å²) >= 11 is 0. The zero-order valence-corrected chi connectivity index (χ0v) is 17.2. The molecule has 1 aliphatic heterocycles. The number of rotatable bonds is 4. The molecule has 2 aromatic carbocycles. The van der Waals surface area contributed by atoms with Crippen LogP contribution in [0, 0.1) is 13.8 Å². The van der Waals surface area contributed by atoms with E-state index in [1.807, 2.05) is 32.0 Å². The number of ether oxygens (including phenoxy) is 2. The van der Waals surface area contributed by atoms with Gasteiger partial charge in [0, 0.05) is 13.0 Å². The van der Waals surface area contributed by atoms with E-state index in [1.165, 1.54) is 11.4 Å². The number of aryl methyl sites for hydroxylation is 2. The normalized spacial score (nSPS) is 16.6. The summed E-state index contributed by atoms with van der Waals surface area (Å²) in [5.41, 5.74) is 2.88. The Balaban J connectivity index is 1.90. The van der Waals surface area contributed by atoms with Gasteiger partial charge in [0.25, 0.3) is 5.91 Å². The third kappa shape index (κ3) is 4.22. The molecule has 0 fully saturated rings. The van der Waals surface area contributed by atoms with Crippen LogP contribution in [0.2, 0.25) is 0 Å². The van der Waals surface area contributed by atoms with E-state index < -0.39 is 16.1 Å². The van der Waals surface area contributed by atoms with E-state index in [4.69, 9.17) is 9.47 Å². The molecule has 2 aromatic rings. The number of anilines is 2. The van der Waals surface area contributed by atoms with Crippen molar-refractivity contribution in [1.82, 2.24) is 0 Å². The number of carbonyl (C=O) groups is 1. The minimum absolute atomic E-state index is 0.151. The molecular formula is C20H24N2O5S. The molecule has 0 aliphatic carbocycles. The van der Waals surface area contributed by atoms with Crippen molar-refractivity contribution in [2.75, 3.05) is 29.5 Å². The summed E-state index contributed by atoms with van der Waals surface area (Å²) in [5, 5.41) is 2.84. The highest BCUT2D eigenvalue weighted by molar-refractivity contribution is 7.92. The summed E-state index contributed by atoms with van der Waals surface area (Å²) in [6, 6.07) is 10.8. The van der Waals surface area contributed by atoms with Gasteiger partial charge in [0.05, 0.1) is 24.7 Å². The first kappa shape index (κ1) is 20.0. The van der Waals surface area contributed by atoms with Crippen molar-refractivity contribution in [3.05, 3.63) is 47.5 Å². The number of fused-ring (bicyclic) bond motifs is 1. The molecule has 28 heavy (non-hydrogen) atoms. The smallest absolute Gasteiger partial charge is 0.265 e. The fraction of sp³-hybridized carbons (Fsp3) is 0.350. The van der Waals surface area contributed by atoms with Gasteiger partial charge in [-0.1, -0.05) is 12.1 Å². The molecule has 0 aromatic heterocycles. The predicted octanol–water partition coefficient (Wildman–Crippen LogP) is 2.87. The van der Waals surface area contributed by atoms with Crippen LogP contribution >= 0.6 is 0 Å². The molecular weight excluding hydrogens is 380 g/mol. The Bertz CT molecular complexity index is 1000. The molecule has 0 spiro atoms. The molecule has 1 unspecified atom stereocenters. The molecule has 1 aliphatic rings. The average Bonchev–Trinajstić information content (AvgIpc) is 2.81. The first-order valence-electron chi connectivity index (χ1n) is 8.89. The molecule has 1 heterocycles. The maximum absolute atomic E-state index is 12.9. The van der Waals surface area contributed by atoms with Gasteiger partial charge >= 0.3 is 0 Å². The summed E-state index contributed by atoms with van der Waals surface area (Å²) in [4.78, 5) is 12.9. The van der Waals surface area contributed by atoms with Crippen LogP contribution in [0.1, 0.15) is 17.5 Å². The van der Waals surface area contributed by atoms with Gasteiger partial charge < -0.3 is 14.8 Å². The van der Waals surface area contributed by atoms with Gasteiger partial charge in [-0.15, -0.1) is 0 Å². The molecule has 0 bridgehead atoms. The van der Waals surface area contributed by atoms with Gasteiger partial charge in [-0.05, 0) is 49.2 Å². The topological polar surface area (TPSA) is 84.9 Å². The molecule has 8 heteroatoms. The van der Waals surface area contributed by atoms with Crippen molar-refractivity contribution in [3.63, 3.8) is 0 Å². The predicted molar refractivity (Wildman–Crippen MR) is 109 cm³/mol. The van der Waals surface area contributed by atoms with Crippen molar-refractivity contribution in [1.29, 1.82) is 0 Å². The average molecular weight is 404 g/mol. The van der Waals surface area contributed by atoms with Crippen LogP contribution in [0.25, 0.3) is 0 Å². The maximum Gasteiger partial charge on any atom is 0.265 e. The summed E-state index contributed by atoms with van der Waals surface area (Å²) in [6.45, 7) is 3.94. The van der Waals surface area contributed by atoms with Gasteiger partial charge in [0.15, 0.2) is 6.10 Å². The van der Waals surface area contributed by atoms with Crippen LogP contribution in [-0.4, -0.2) is 40.3 Å². The summed E-state index contributed by atoms with van der Waals surface area (Å²) in [5.74, 6) is 0.553. The number of hydrogen-bond donors (Lipinski definition) is 1. The van der Waals surface area contributed by atoms with Crippen molar-refractivity contribution in [3.8, 4) is 11.5 Å². The zero-order chi connectivity index (χ0) is 20.5. The molecule has 1 amide bonds. The second kappa shape index (κ2) is 7.71. The Labute approximate surface area is 165 Å². The number of carbonyl (C=O) groups excluding carboxylic acids is 1. The largest absolute Gasteiger partial charge is 0.495 e. The van der Waals surface area contributed by atoms with Crippen LogP contribution in [0.4, 0.5) is 11.4 Å². The number of amides is 1. The van der Waals surface area contributed by atoms with E-state index in [0.717, 1.165) is 17.4 Å². The van der Waals surface area contributed by atoms with Crippen molar-refractivity contribution < 1.29 is 22.7 Å². The number of benzene rings is 2. The monoisotopic (exact) mass is 404 g/mol. The van der Waals surface area contributed by atoms with E-state index in [9.17, 15) is 13.2 Å². The Morgan fingerprint density at radius 2 is 1.86 bits per heavy atom. The van der Waals surface area contributed by atoms with Crippen LogP contribution in [0.5, 0.6) is 11.5 Å². The van der Waals surface area contributed by atoms with E-state index in [0.29, 0.717) is 22.9 Å². The maximum atomic E-state index is 12.9. The fourth-order valence-electron chi connectivity index (χ4n) is 3.15.